The molecule has 2 aromatic carbocycles. The summed E-state index contributed by atoms with van der Waals surface area (Å²) in [6.07, 6.45) is 4.76. The van der Waals surface area contributed by atoms with Gasteiger partial charge >= 0.3 is 0 Å². The SMILES string of the molecule is CSc1cccc2sc(N(Cc3ccco3)C(=O)CCCSc3ccc(F)cc3)nc12. The van der Waals surface area contributed by atoms with E-state index < -0.39 is 0 Å². The molecule has 160 valence electrons. The van der Waals surface area contributed by atoms with Crippen molar-refractivity contribution in [3.63, 3.8) is 0 Å². The summed E-state index contributed by atoms with van der Waals surface area (Å²) in [4.78, 5) is 21.7. The van der Waals surface area contributed by atoms with Crippen molar-refractivity contribution in [3.8, 4) is 0 Å². The monoisotopic (exact) mass is 472 g/mol. The minimum Gasteiger partial charge on any atom is -0.467 e. The number of anilines is 1. The van der Waals surface area contributed by atoms with Crippen molar-refractivity contribution in [2.24, 2.45) is 0 Å². The molecular weight excluding hydrogens is 451 g/mol. The van der Waals surface area contributed by atoms with E-state index in [9.17, 15) is 9.18 Å². The lowest BCUT2D eigenvalue weighted by Crippen LogP contribution is -2.30. The van der Waals surface area contributed by atoms with Crippen molar-refractivity contribution in [3.05, 3.63) is 72.4 Å². The Morgan fingerprint density at radius 1 is 1.16 bits per heavy atom. The fourth-order valence-electron chi connectivity index (χ4n) is 3.09. The average Bonchev–Trinajstić information content (AvgIpc) is 3.45. The maximum absolute atomic E-state index is 13.1. The van der Waals surface area contributed by atoms with E-state index in [1.807, 2.05) is 36.6 Å². The van der Waals surface area contributed by atoms with E-state index >= 15 is 0 Å². The first-order valence-corrected chi connectivity index (χ1v) is 12.8. The molecule has 0 unspecified atom stereocenters. The number of furan rings is 1. The van der Waals surface area contributed by atoms with Gasteiger partial charge in [-0.25, -0.2) is 9.37 Å². The van der Waals surface area contributed by atoms with E-state index in [-0.39, 0.29) is 11.7 Å². The predicted molar refractivity (Wildman–Crippen MR) is 128 cm³/mol. The standard InChI is InChI=1S/C23H21FN2O2S3/c1-29-19-6-2-7-20-22(19)25-23(31-20)26(15-17-5-3-13-28-17)21(27)8-4-14-30-18-11-9-16(24)10-12-18/h2-3,5-7,9-13H,4,8,14-15H2,1H3. The summed E-state index contributed by atoms with van der Waals surface area (Å²) in [6, 6.07) is 16.2. The van der Waals surface area contributed by atoms with Crippen LogP contribution in [0.4, 0.5) is 9.52 Å². The first kappa shape index (κ1) is 21.9. The number of rotatable bonds is 9. The van der Waals surface area contributed by atoms with Crippen molar-refractivity contribution in [1.82, 2.24) is 4.98 Å². The zero-order valence-electron chi connectivity index (χ0n) is 16.9. The van der Waals surface area contributed by atoms with Crippen molar-refractivity contribution in [2.45, 2.75) is 29.2 Å². The molecule has 0 saturated heterocycles. The van der Waals surface area contributed by atoms with Gasteiger partial charge in [-0.3, -0.25) is 9.69 Å². The lowest BCUT2D eigenvalue weighted by Gasteiger charge is -2.18. The number of nitrogens with zero attached hydrogens (tertiary/aromatic N) is 2. The Labute approximate surface area is 192 Å². The van der Waals surface area contributed by atoms with Gasteiger partial charge in [0.05, 0.1) is 23.0 Å². The number of carbonyl (C=O) groups is 1. The topological polar surface area (TPSA) is 46.3 Å². The van der Waals surface area contributed by atoms with Gasteiger partial charge in [0.1, 0.15) is 11.6 Å². The van der Waals surface area contributed by atoms with E-state index in [4.69, 9.17) is 9.40 Å². The largest absolute Gasteiger partial charge is 0.467 e. The summed E-state index contributed by atoms with van der Waals surface area (Å²) in [5, 5.41) is 0.684. The van der Waals surface area contributed by atoms with Gasteiger partial charge in [0, 0.05) is 16.2 Å². The van der Waals surface area contributed by atoms with Gasteiger partial charge in [-0.05, 0) is 67.0 Å². The quantitative estimate of drug-likeness (QED) is 0.197. The van der Waals surface area contributed by atoms with Gasteiger partial charge in [-0.1, -0.05) is 17.4 Å². The van der Waals surface area contributed by atoms with Gasteiger partial charge in [0.2, 0.25) is 5.91 Å². The molecule has 4 nitrogen and oxygen atoms in total. The molecule has 0 N–H and O–H groups in total. The summed E-state index contributed by atoms with van der Waals surface area (Å²) in [7, 11) is 0. The third-order valence-corrected chi connectivity index (χ3v) is 7.55. The van der Waals surface area contributed by atoms with Gasteiger partial charge in [-0.15, -0.1) is 23.5 Å². The molecule has 0 fully saturated rings. The molecule has 0 atom stereocenters. The molecule has 0 aliphatic heterocycles. The number of halogens is 1. The highest BCUT2D eigenvalue weighted by molar-refractivity contribution is 7.99. The molecule has 0 aliphatic carbocycles. The zero-order valence-corrected chi connectivity index (χ0v) is 19.4. The van der Waals surface area contributed by atoms with Crippen LogP contribution in [0.5, 0.6) is 0 Å². The van der Waals surface area contributed by atoms with Crippen LogP contribution in [-0.4, -0.2) is 22.9 Å². The first-order chi connectivity index (χ1) is 15.1. The lowest BCUT2D eigenvalue weighted by atomic mass is 10.3. The molecule has 0 aliphatic rings. The fourth-order valence-corrected chi connectivity index (χ4v) is 5.58. The van der Waals surface area contributed by atoms with Crippen LogP contribution in [0.1, 0.15) is 18.6 Å². The summed E-state index contributed by atoms with van der Waals surface area (Å²) in [5.41, 5.74) is 0.930. The summed E-state index contributed by atoms with van der Waals surface area (Å²) in [5.74, 6) is 1.27. The Hall–Kier alpha value is -2.29. The third-order valence-electron chi connectivity index (χ3n) is 4.63. The Bertz CT molecular complexity index is 1140. The minimum atomic E-state index is -0.242. The minimum absolute atomic E-state index is 0.0147. The number of thioether (sulfide) groups is 2. The highest BCUT2D eigenvalue weighted by Gasteiger charge is 2.21. The van der Waals surface area contributed by atoms with Crippen LogP contribution >= 0.6 is 34.9 Å². The highest BCUT2D eigenvalue weighted by atomic mass is 32.2. The molecule has 0 spiro atoms. The van der Waals surface area contributed by atoms with Crippen LogP contribution in [0.2, 0.25) is 0 Å². The molecule has 0 saturated carbocycles. The van der Waals surface area contributed by atoms with Crippen LogP contribution in [0.25, 0.3) is 10.2 Å². The van der Waals surface area contributed by atoms with E-state index in [1.165, 1.54) is 23.5 Å². The van der Waals surface area contributed by atoms with Gasteiger partial charge in [-0.2, -0.15) is 0 Å². The molecule has 0 radical (unpaired) electrons. The number of hydrogen-bond donors (Lipinski definition) is 0. The van der Waals surface area contributed by atoms with Gasteiger partial charge in [0.25, 0.3) is 0 Å². The summed E-state index contributed by atoms with van der Waals surface area (Å²) < 4.78 is 19.6. The zero-order chi connectivity index (χ0) is 21.6. The Morgan fingerprint density at radius 3 is 2.74 bits per heavy atom. The van der Waals surface area contributed by atoms with Crippen molar-refractivity contribution < 1.29 is 13.6 Å². The van der Waals surface area contributed by atoms with Crippen LogP contribution in [0.15, 0.2) is 75.1 Å². The highest BCUT2D eigenvalue weighted by Crippen LogP contribution is 2.35. The molecule has 31 heavy (non-hydrogen) atoms. The lowest BCUT2D eigenvalue weighted by molar-refractivity contribution is -0.118. The second kappa shape index (κ2) is 10.3. The van der Waals surface area contributed by atoms with E-state index in [0.717, 1.165) is 37.9 Å². The maximum Gasteiger partial charge on any atom is 0.229 e. The molecular formula is C23H21FN2O2S3. The molecule has 8 heteroatoms. The van der Waals surface area contributed by atoms with Crippen molar-refractivity contribution in [1.29, 1.82) is 0 Å². The normalized spacial score (nSPS) is 11.2. The number of aromatic nitrogens is 1. The smallest absolute Gasteiger partial charge is 0.229 e. The molecule has 1 amide bonds. The van der Waals surface area contributed by atoms with E-state index in [2.05, 4.69) is 0 Å². The Morgan fingerprint density at radius 2 is 2.00 bits per heavy atom. The number of hydrogen-bond acceptors (Lipinski definition) is 6. The number of carbonyl (C=O) groups excluding carboxylic acids is 1. The number of benzene rings is 2. The van der Waals surface area contributed by atoms with Crippen LogP contribution < -0.4 is 4.90 Å². The predicted octanol–water partition coefficient (Wildman–Crippen LogP) is 6.86. The fraction of sp³-hybridized carbons (Fsp3) is 0.217. The van der Waals surface area contributed by atoms with Crippen molar-refractivity contribution in [2.75, 3.05) is 16.9 Å². The van der Waals surface area contributed by atoms with Gasteiger partial charge < -0.3 is 4.42 Å². The Kier molecular flexibility index (Phi) is 7.32. The average molecular weight is 473 g/mol. The summed E-state index contributed by atoms with van der Waals surface area (Å²) in [6.45, 7) is 0.353. The van der Waals surface area contributed by atoms with Crippen LogP contribution in [0, 0.1) is 5.82 Å². The number of para-hydroxylation sites is 1. The number of thiazole rings is 1. The molecule has 4 aromatic rings. The molecule has 2 aromatic heterocycles. The maximum atomic E-state index is 13.1. The van der Waals surface area contributed by atoms with E-state index in [0.29, 0.717) is 18.1 Å². The van der Waals surface area contributed by atoms with Crippen molar-refractivity contribution >= 4 is 56.1 Å². The second-order valence-corrected chi connectivity index (χ2v) is 9.79. The molecule has 4 rings (SSSR count). The molecule has 0 bridgehead atoms. The first-order valence-electron chi connectivity index (χ1n) is 9.78. The van der Waals surface area contributed by atoms with Crippen LogP contribution in [-0.2, 0) is 11.3 Å². The van der Waals surface area contributed by atoms with E-state index in [1.54, 1.807) is 46.8 Å². The van der Waals surface area contributed by atoms with Gasteiger partial charge in [0.15, 0.2) is 5.13 Å². The summed E-state index contributed by atoms with van der Waals surface area (Å²) >= 11 is 4.79. The van der Waals surface area contributed by atoms with Crippen LogP contribution in [0.3, 0.4) is 0 Å². The third kappa shape index (κ3) is 5.50. The number of amides is 1. The Balaban J connectivity index is 1.47. The second-order valence-electron chi connectivity index (χ2n) is 6.77. The molecule has 2 heterocycles. The number of fused-ring (bicyclic) bond motifs is 1.